The maximum Gasteiger partial charge on any atom is 0.229 e. The van der Waals surface area contributed by atoms with Gasteiger partial charge in [0.1, 0.15) is 0 Å². The number of hydrogen-bond acceptors (Lipinski definition) is 5. The summed E-state index contributed by atoms with van der Waals surface area (Å²) in [6, 6.07) is 10.3. The minimum atomic E-state index is -0.295. The van der Waals surface area contributed by atoms with Crippen LogP contribution in [0.3, 0.4) is 0 Å². The molecule has 2 atom stereocenters. The molecule has 3 rings (SSSR count). The smallest absolute Gasteiger partial charge is 0.229 e. The normalized spacial score (nSPS) is 22.5. The van der Waals surface area contributed by atoms with E-state index in [4.69, 9.17) is 4.52 Å². The second-order valence-electron chi connectivity index (χ2n) is 6.41. The Hall–Kier alpha value is -1.72. The summed E-state index contributed by atoms with van der Waals surface area (Å²) in [5, 5.41) is 14.3. The van der Waals surface area contributed by atoms with Crippen LogP contribution < -0.4 is 0 Å². The minimum absolute atomic E-state index is 0.247. The van der Waals surface area contributed by atoms with Gasteiger partial charge in [-0.25, -0.2) is 0 Å². The zero-order valence-electron chi connectivity index (χ0n) is 13.1. The van der Waals surface area contributed by atoms with Crippen molar-refractivity contribution in [2.45, 2.75) is 38.8 Å². The van der Waals surface area contributed by atoms with Crippen LogP contribution in [0.1, 0.15) is 37.0 Å². The summed E-state index contributed by atoms with van der Waals surface area (Å²) in [5.74, 6) is 1.89. The van der Waals surface area contributed by atoms with Gasteiger partial charge in [-0.3, -0.25) is 4.90 Å². The Morgan fingerprint density at radius 3 is 2.73 bits per heavy atom. The van der Waals surface area contributed by atoms with Gasteiger partial charge >= 0.3 is 0 Å². The van der Waals surface area contributed by atoms with E-state index in [1.165, 1.54) is 5.56 Å². The summed E-state index contributed by atoms with van der Waals surface area (Å²) >= 11 is 0. The van der Waals surface area contributed by atoms with Gasteiger partial charge in [-0.2, -0.15) is 4.98 Å². The molecule has 0 spiro atoms. The van der Waals surface area contributed by atoms with E-state index in [2.05, 4.69) is 27.2 Å². The van der Waals surface area contributed by atoms with E-state index < -0.39 is 0 Å². The molecular weight excluding hydrogens is 278 g/mol. The van der Waals surface area contributed by atoms with Crippen LogP contribution in [0.25, 0.3) is 0 Å². The lowest BCUT2D eigenvalue weighted by molar-refractivity contribution is 0.140. The number of nitrogens with zero attached hydrogens (tertiary/aromatic N) is 3. The van der Waals surface area contributed by atoms with Gasteiger partial charge in [-0.15, -0.1) is 0 Å². The Morgan fingerprint density at radius 2 is 2.05 bits per heavy atom. The van der Waals surface area contributed by atoms with Gasteiger partial charge in [0.2, 0.25) is 5.89 Å². The van der Waals surface area contributed by atoms with Crippen molar-refractivity contribution in [1.82, 2.24) is 15.0 Å². The molecule has 1 saturated heterocycles. The van der Waals surface area contributed by atoms with Crippen molar-refractivity contribution < 1.29 is 9.63 Å². The Bertz CT molecular complexity index is 597. The number of likely N-dealkylation sites (tertiary alicyclic amines) is 1. The summed E-state index contributed by atoms with van der Waals surface area (Å²) < 4.78 is 5.24. The molecule has 0 saturated carbocycles. The SMILES string of the molecule is CC(C)c1nc(CN2C[C@@H](Cc3ccccc3)[C@H](O)C2)no1. The van der Waals surface area contributed by atoms with E-state index in [-0.39, 0.29) is 17.9 Å². The fraction of sp³-hybridized carbons (Fsp3) is 0.529. The molecule has 0 amide bonds. The van der Waals surface area contributed by atoms with Gasteiger partial charge in [-0.05, 0) is 12.0 Å². The first kappa shape index (κ1) is 15.2. The van der Waals surface area contributed by atoms with Gasteiger partial charge in [-0.1, -0.05) is 49.3 Å². The van der Waals surface area contributed by atoms with Crippen LogP contribution in [-0.4, -0.2) is 39.3 Å². The van der Waals surface area contributed by atoms with E-state index in [1.807, 2.05) is 32.0 Å². The summed E-state index contributed by atoms with van der Waals surface area (Å²) in [7, 11) is 0. The lowest BCUT2D eigenvalue weighted by atomic mass is 9.97. The van der Waals surface area contributed by atoms with Gasteiger partial charge in [0.25, 0.3) is 0 Å². The molecule has 0 radical (unpaired) electrons. The molecular formula is C17H23N3O2. The summed E-state index contributed by atoms with van der Waals surface area (Å²) in [6.45, 7) is 6.24. The number of β-amino-alcohol motifs (C(OH)–C–C–N with tert-alkyl or cyclic N) is 1. The lowest BCUT2D eigenvalue weighted by Gasteiger charge is -2.13. The fourth-order valence-electron chi connectivity index (χ4n) is 2.95. The molecule has 22 heavy (non-hydrogen) atoms. The standard InChI is InChI=1S/C17H23N3O2/c1-12(2)17-18-16(19-22-17)11-20-9-14(15(21)10-20)8-13-6-4-3-5-7-13/h3-7,12,14-15,21H,8-11H2,1-2H3/t14-,15-/m1/s1. The van der Waals surface area contributed by atoms with Crippen molar-refractivity contribution in [1.29, 1.82) is 0 Å². The highest BCUT2D eigenvalue weighted by atomic mass is 16.5. The molecule has 0 aliphatic carbocycles. The van der Waals surface area contributed by atoms with E-state index in [0.29, 0.717) is 24.8 Å². The van der Waals surface area contributed by atoms with Crippen LogP contribution in [0.2, 0.25) is 0 Å². The second kappa shape index (κ2) is 6.58. The van der Waals surface area contributed by atoms with Crippen LogP contribution in [0.5, 0.6) is 0 Å². The number of aromatic nitrogens is 2. The molecule has 1 fully saturated rings. The number of rotatable bonds is 5. The van der Waals surface area contributed by atoms with Crippen LogP contribution in [0.15, 0.2) is 34.9 Å². The van der Waals surface area contributed by atoms with Gasteiger partial charge in [0.15, 0.2) is 5.82 Å². The average Bonchev–Trinajstić information content (AvgIpc) is 3.08. The van der Waals surface area contributed by atoms with Crippen molar-refractivity contribution in [3.63, 3.8) is 0 Å². The first-order chi connectivity index (χ1) is 10.6. The molecule has 1 aromatic carbocycles. The Kier molecular flexibility index (Phi) is 4.55. The highest BCUT2D eigenvalue weighted by Crippen LogP contribution is 2.23. The third-order valence-electron chi connectivity index (χ3n) is 4.17. The van der Waals surface area contributed by atoms with Crippen LogP contribution >= 0.6 is 0 Å². The molecule has 5 nitrogen and oxygen atoms in total. The fourth-order valence-corrected chi connectivity index (χ4v) is 2.95. The van der Waals surface area contributed by atoms with Crippen molar-refractivity contribution in [2.75, 3.05) is 13.1 Å². The molecule has 1 aromatic heterocycles. The third kappa shape index (κ3) is 3.54. The van der Waals surface area contributed by atoms with Gasteiger partial charge < -0.3 is 9.63 Å². The average molecular weight is 301 g/mol. The molecule has 2 aromatic rings. The monoisotopic (exact) mass is 301 g/mol. The molecule has 0 bridgehead atoms. The van der Waals surface area contributed by atoms with E-state index >= 15 is 0 Å². The van der Waals surface area contributed by atoms with Crippen molar-refractivity contribution in [2.24, 2.45) is 5.92 Å². The molecule has 5 heteroatoms. The quantitative estimate of drug-likeness (QED) is 0.917. The molecule has 1 aliphatic heterocycles. The number of aliphatic hydroxyl groups is 1. The zero-order chi connectivity index (χ0) is 15.5. The van der Waals surface area contributed by atoms with Crippen LogP contribution in [-0.2, 0) is 13.0 Å². The Labute approximate surface area is 131 Å². The zero-order valence-corrected chi connectivity index (χ0v) is 13.1. The van der Waals surface area contributed by atoms with Crippen molar-refractivity contribution in [3.05, 3.63) is 47.6 Å². The Balaban J connectivity index is 1.58. The van der Waals surface area contributed by atoms with Crippen LogP contribution in [0, 0.1) is 5.92 Å². The van der Waals surface area contributed by atoms with E-state index in [9.17, 15) is 5.11 Å². The van der Waals surface area contributed by atoms with E-state index in [0.717, 1.165) is 13.0 Å². The molecule has 2 heterocycles. The molecule has 1 aliphatic rings. The van der Waals surface area contributed by atoms with Crippen molar-refractivity contribution >= 4 is 0 Å². The lowest BCUT2D eigenvalue weighted by Crippen LogP contribution is -2.22. The first-order valence-corrected chi connectivity index (χ1v) is 7.88. The molecule has 1 N–H and O–H groups in total. The third-order valence-corrected chi connectivity index (χ3v) is 4.17. The number of hydrogen-bond donors (Lipinski definition) is 1. The Morgan fingerprint density at radius 1 is 1.27 bits per heavy atom. The maximum absolute atomic E-state index is 10.3. The van der Waals surface area contributed by atoms with E-state index in [1.54, 1.807) is 0 Å². The maximum atomic E-state index is 10.3. The summed E-state index contributed by atoms with van der Waals surface area (Å²) in [4.78, 5) is 6.61. The molecule has 118 valence electrons. The van der Waals surface area contributed by atoms with Crippen LogP contribution in [0.4, 0.5) is 0 Å². The summed E-state index contributed by atoms with van der Waals surface area (Å²) in [6.07, 6.45) is 0.610. The number of benzene rings is 1. The highest BCUT2D eigenvalue weighted by Gasteiger charge is 2.32. The largest absolute Gasteiger partial charge is 0.391 e. The minimum Gasteiger partial charge on any atom is -0.391 e. The second-order valence-corrected chi connectivity index (χ2v) is 6.41. The molecule has 0 unspecified atom stereocenters. The first-order valence-electron chi connectivity index (χ1n) is 7.88. The van der Waals surface area contributed by atoms with Crippen molar-refractivity contribution in [3.8, 4) is 0 Å². The summed E-state index contributed by atoms with van der Waals surface area (Å²) in [5.41, 5.74) is 1.27. The predicted octanol–water partition coefficient (Wildman–Crippen LogP) is 2.23. The topological polar surface area (TPSA) is 62.4 Å². The van der Waals surface area contributed by atoms with Gasteiger partial charge in [0, 0.05) is 24.9 Å². The number of aliphatic hydroxyl groups excluding tert-OH is 1. The highest BCUT2D eigenvalue weighted by molar-refractivity contribution is 5.16. The predicted molar refractivity (Wildman–Crippen MR) is 83.3 cm³/mol. The van der Waals surface area contributed by atoms with Gasteiger partial charge in [0.05, 0.1) is 12.6 Å².